The van der Waals surface area contributed by atoms with Crippen molar-refractivity contribution in [3.63, 3.8) is 0 Å². The number of para-hydroxylation sites is 1. The minimum atomic E-state index is 0.962. The van der Waals surface area contributed by atoms with Gasteiger partial charge in [0.15, 0.2) is 12.0 Å². The first-order valence-electron chi connectivity index (χ1n) is 5.23. The van der Waals surface area contributed by atoms with Crippen LogP contribution in [-0.2, 0) is 6.42 Å². The van der Waals surface area contributed by atoms with Crippen molar-refractivity contribution < 1.29 is 4.42 Å². The van der Waals surface area contributed by atoms with Gasteiger partial charge in [0.1, 0.15) is 5.52 Å². The van der Waals surface area contributed by atoms with E-state index < -0.39 is 0 Å². The standard InChI is InChI=1S/C12H15NO/c1-2-3-4-6-10-7-5-8-11-12(10)14-9-13-11/h5,7-9H,2-4,6H2,1H3. The third-order valence-corrected chi connectivity index (χ3v) is 2.49. The maximum atomic E-state index is 5.37. The first-order chi connectivity index (χ1) is 6.92. The Hall–Kier alpha value is -1.31. The van der Waals surface area contributed by atoms with Gasteiger partial charge >= 0.3 is 0 Å². The lowest BCUT2D eigenvalue weighted by Crippen LogP contribution is -1.85. The quantitative estimate of drug-likeness (QED) is 0.687. The molecule has 0 atom stereocenters. The number of unbranched alkanes of at least 4 members (excludes halogenated alkanes) is 2. The highest BCUT2D eigenvalue weighted by molar-refractivity contribution is 5.75. The predicted molar refractivity (Wildman–Crippen MR) is 57.2 cm³/mol. The van der Waals surface area contributed by atoms with Crippen LogP contribution in [0.5, 0.6) is 0 Å². The Balaban J connectivity index is 2.19. The molecule has 2 heteroatoms. The van der Waals surface area contributed by atoms with Gasteiger partial charge in [-0.05, 0) is 24.5 Å². The van der Waals surface area contributed by atoms with Gasteiger partial charge in [-0.15, -0.1) is 0 Å². The van der Waals surface area contributed by atoms with Crippen LogP contribution in [0.1, 0.15) is 31.7 Å². The monoisotopic (exact) mass is 189 g/mol. The summed E-state index contributed by atoms with van der Waals surface area (Å²) in [5.41, 5.74) is 3.22. The Morgan fingerprint density at radius 2 is 2.21 bits per heavy atom. The number of hydrogen-bond acceptors (Lipinski definition) is 2. The zero-order valence-corrected chi connectivity index (χ0v) is 8.49. The zero-order chi connectivity index (χ0) is 9.80. The first kappa shape index (κ1) is 9.25. The van der Waals surface area contributed by atoms with E-state index in [0.29, 0.717) is 0 Å². The number of aryl methyl sites for hydroxylation is 1. The number of hydrogen-bond donors (Lipinski definition) is 0. The van der Waals surface area contributed by atoms with E-state index in [1.165, 1.54) is 31.2 Å². The van der Waals surface area contributed by atoms with Gasteiger partial charge in [0, 0.05) is 0 Å². The highest BCUT2D eigenvalue weighted by atomic mass is 16.3. The van der Waals surface area contributed by atoms with Gasteiger partial charge in [-0.2, -0.15) is 0 Å². The van der Waals surface area contributed by atoms with E-state index in [1.54, 1.807) is 0 Å². The summed E-state index contributed by atoms with van der Waals surface area (Å²) in [6, 6.07) is 6.16. The molecule has 0 aliphatic heterocycles. The average Bonchev–Trinajstić information content (AvgIpc) is 2.67. The van der Waals surface area contributed by atoms with Crippen molar-refractivity contribution in [2.75, 3.05) is 0 Å². The molecule has 0 radical (unpaired) electrons. The van der Waals surface area contributed by atoms with Crippen LogP contribution in [0.4, 0.5) is 0 Å². The van der Waals surface area contributed by atoms with Crippen molar-refractivity contribution in [3.8, 4) is 0 Å². The summed E-state index contributed by atoms with van der Waals surface area (Å²) in [5, 5.41) is 0. The number of rotatable bonds is 4. The van der Waals surface area contributed by atoms with E-state index >= 15 is 0 Å². The van der Waals surface area contributed by atoms with Gasteiger partial charge in [0.25, 0.3) is 0 Å². The molecule has 0 amide bonds. The van der Waals surface area contributed by atoms with Crippen LogP contribution in [0.3, 0.4) is 0 Å². The summed E-state index contributed by atoms with van der Waals surface area (Å²) in [4.78, 5) is 4.14. The fourth-order valence-electron chi connectivity index (χ4n) is 1.71. The molecule has 0 aliphatic carbocycles. The summed E-state index contributed by atoms with van der Waals surface area (Å²) in [7, 11) is 0. The lowest BCUT2D eigenvalue weighted by molar-refractivity contribution is 0.595. The molecule has 0 N–H and O–H groups in total. The fourth-order valence-corrected chi connectivity index (χ4v) is 1.71. The highest BCUT2D eigenvalue weighted by Gasteiger charge is 2.03. The predicted octanol–water partition coefficient (Wildman–Crippen LogP) is 3.56. The van der Waals surface area contributed by atoms with Crippen molar-refractivity contribution in [2.45, 2.75) is 32.6 Å². The molecule has 14 heavy (non-hydrogen) atoms. The van der Waals surface area contributed by atoms with Crippen molar-refractivity contribution >= 4 is 11.1 Å². The molecule has 2 rings (SSSR count). The Labute approximate surface area is 84.0 Å². The number of aromatic nitrogens is 1. The molecule has 2 nitrogen and oxygen atoms in total. The number of oxazole rings is 1. The van der Waals surface area contributed by atoms with E-state index in [2.05, 4.69) is 18.0 Å². The topological polar surface area (TPSA) is 26.0 Å². The van der Waals surface area contributed by atoms with Crippen molar-refractivity contribution in [2.24, 2.45) is 0 Å². The van der Waals surface area contributed by atoms with Gasteiger partial charge in [-0.1, -0.05) is 31.9 Å². The molecule has 2 aromatic rings. The maximum absolute atomic E-state index is 5.37. The lowest BCUT2D eigenvalue weighted by Gasteiger charge is -2.00. The molecular formula is C12H15NO. The molecule has 0 spiro atoms. The molecule has 1 aromatic carbocycles. The summed E-state index contributed by atoms with van der Waals surface area (Å²) >= 11 is 0. The van der Waals surface area contributed by atoms with Crippen LogP contribution >= 0.6 is 0 Å². The molecule has 0 saturated heterocycles. The molecule has 0 saturated carbocycles. The molecule has 0 bridgehead atoms. The second-order valence-electron chi connectivity index (χ2n) is 3.57. The average molecular weight is 189 g/mol. The van der Waals surface area contributed by atoms with Crippen LogP contribution in [0.2, 0.25) is 0 Å². The Morgan fingerprint density at radius 1 is 1.29 bits per heavy atom. The molecule has 1 aromatic heterocycles. The van der Waals surface area contributed by atoms with E-state index in [1.807, 2.05) is 12.1 Å². The minimum absolute atomic E-state index is 0.962. The van der Waals surface area contributed by atoms with E-state index in [4.69, 9.17) is 4.42 Å². The van der Waals surface area contributed by atoms with Crippen LogP contribution in [0.15, 0.2) is 29.0 Å². The van der Waals surface area contributed by atoms with Crippen molar-refractivity contribution in [1.82, 2.24) is 4.98 Å². The van der Waals surface area contributed by atoms with Crippen molar-refractivity contribution in [1.29, 1.82) is 0 Å². The lowest BCUT2D eigenvalue weighted by atomic mass is 10.1. The van der Waals surface area contributed by atoms with Gasteiger partial charge in [-0.3, -0.25) is 0 Å². The fraction of sp³-hybridized carbons (Fsp3) is 0.417. The third kappa shape index (κ3) is 1.79. The van der Waals surface area contributed by atoms with Crippen LogP contribution < -0.4 is 0 Å². The van der Waals surface area contributed by atoms with Crippen LogP contribution in [0, 0.1) is 0 Å². The first-order valence-corrected chi connectivity index (χ1v) is 5.23. The summed E-state index contributed by atoms with van der Waals surface area (Å²) in [6.07, 6.45) is 6.39. The third-order valence-electron chi connectivity index (χ3n) is 2.49. The van der Waals surface area contributed by atoms with E-state index in [0.717, 1.165) is 17.5 Å². The highest BCUT2D eigenvalue weighted by Crippen LogP contribution is 2.19. The van der Waals surface area contributed by atoms with E-state index in [-0.39, 0.29) is 0 Å². The Kier molecular flexibility index (Phi) is 2.82. The van der Waals surface area contributed by atoms with Crippen LogP contribution in [0.25, 0.3) is 11.1 Å². The molecule has 0 unspecified atom stereocenters. The summed E-state index contributed by atoms with van der Waals surface area (Å²) in [6.45, 7) is 2.22. The van der Waals surface area contributed by atoms with Gasteiger partial charge in [-0.25, -0.2) is 4.98 Å². The van der Waals surface area contributed by atoms with Gasteiger partial charge < -0.3 is 4.42 Å². The maximum Gasteiger partial charge on any atom is 0.181 e. The molecule has 1 heterocycles. The van der Waals surface area contributed by atoms with Gasteiger partial charge in [0.2, 0.25) is 0 Å². The molecular weight excluding hydrogens is 174 g/mol. The van der Waals surface area contributed by atoms with Crippen molar-refractivity contribution in [3.05, 3.63) is 30.2 Å². The largest absolute Gasteiger partial charge is 0.443 e. The molecule has 0 aliphatic rings. The van der Waals surface area contributed by atoms with Crippen LogP contribution in [-0.4, -0.2) is 4.98 Å². The number of nitrogens with zero attached hydrogens (tertiary/aromatic N) is 1. The molecule has 74 valence electrons. The Bertz CT molecular complexity index is 405. The van der Waals surface area contributed by atoms with Gasteiger partial charge in [0.05, 0.1) is 0 Å². The summed E-state index contributed by atoms with van der Waals surface area (Å²) < 4.78 is 5.37. The SMILES string of the molecule is CCCCCc1cccc2ncoc12. The minimum Gasteiger partial charge on any atom is -0.443 e. The molecule has 0 fully saturated rings. The smallest absolute Gasteiger partial charge is 0.181 e. The summed E-state index contributed by atoms with van der Waals surface area (Å²) in [5.74, 6) is 0. The number of benzene rings is 1. The second-order valence-corrected chi connectivity index (χ2v) is 3.57. The Morgan fingerprint density at radius 3 is 3.07 bits per heavy atom. The second kappa shape index (κ2) is 4.27. The normalized spacial score (nSPS) is 10.9. The number of fused-ring (bicyclic) bond motifs is 1. The zero-order valence-electron chi connectivity index (χ0n) is 8.49. The van der Waals surface area contributed by atoms with E-state index in [9.17, 15) is 0 Å².